The Morgan fingerprint density at radius 1 is 0.909 bits per heavy atom. The molecule has 5 nitrogen and oxygen atoms in total. The molecule has 33 heavy (non-hydrogen) atoms. The maximum Gasteiger partial charge on any atom is 0.412 e. The van der Waals surface area contributed by atoms with Gasteiger partial charge >= 0.3 is 6.09 Å². The Morgan fingerprint density at radius 3 is 2.45 bits per heavy atom. The first-order valence-corrected chi connectivity index (χ1v) is 11.5. The SMILES string of the molecule is CC(=O)c1cccc(-c2cc(OC(=O)NC3CCCCC3)ccc2OCc2ccccc2)c1. The largest absolute Gasteiger partial charge is 0.488 e. The number of Topliss-reactive ketones (excluding diaryl/α,β-unsaturated/α-hetero) is 1. The lowest BCUT2D eigenvalue weighted by molar-refractivity contribution is 0.101. The third-order valence-corrected chi connectivity index (χ3v) is 5.91. The predicted molar refractivity (Wildman–Crippen MR) is 129 cm³/mol. The van der Waals surface area contributed by atoms with Crippen molar-refractivity contribution in [2.75, 3.05) is 0 Å². The minimum atomic E-state index is -0.441. The fourth-order valence-electron chi connectivity index (χ4n) is 4.12. The summed E-state index contributed by atoms with van der Waals surface area (Å²) in [6, 6.07) is 22.8. The van der Waals surface area contributed by atoms with Crippen LogP contribution in [0.15, 0.2) is 72.8 Å². The zero-order valence-corrected chi connectivity index (χ0v) is 18.9. The van der Waals surface area contributed by atoms with E-state index in [2.05, 4.69) is 5.32 Å². The zero-order chi connectivity index (χ0) is 23.0. The van der Waals surface area contributed by atoms with Gasteiger partial charge in [-0.15, -0.1) is 0 Å². The van der Waals surface area contributed by atoms with Crippen LogP contribution >= 0.6 is 0 Å². The monoisotopic (exact) mass is 443 g/mol. The summed E-state index contributed by atoms with van der Waals surface area (Å²) in [5.41, 5.74) is 3.25. The Bertz CT molecular complexity index is 1100. The molecule has 0 atom stereocenters. The third-order valence-electron chi connectivity index (χ3n) is 5.91. The smallest absolute Gasteiger partial charge is 0.412 e. The van der Waals surface area contributed by atoms with Gasteiger partial charge in [-0.3, -0.25) is 4.79 Å². The minimum Gasteiger partial charge on any atom is -0.488 e. The zero-order valence-electron chi connectivity index (χ0n) is 18.9. The number of ether oxygens (including phenoxy) is 2. The Balaban J connectivity index is 1.57. The molecule has 1 aliphatic rings. The molecular formula is C28H29NO4. The summed E-state index contributed by atoms with van der Waals surface area (Å²) in [4.78, 5) is 24.4. The van der Waals surface area contributed by atoms with Gasteiger partial charge in [0.1, 0.15) is 18.1 Å². The summed E-state index contributed by atoms with van der Waals surface area (Å²) in [7, 11) is 0. The summed E-state index contributed by atoms with van der Waals surface area (Å²) in [6.45, 7) is 1.95. The molecule has 0 bridgehead atoms. The highest BCUT2D eigenvalue weighted by Gasteiger charge is 2.18. The molecule has 0 heterocycles. The third kappa shape index (κ3) is 6.22. The topological polar surface area (TPSA) is 64.6 Å². The highest BCUT2D eigenvalue weighted by molar-refractivity contribution is 5.95. The van der Waals surface area contributed by atoms with Crippen molar-refractivity contribution in [1.29, 1.82) is 0 Å². The van der Waals surface area contributed by atoms with Gasteiger partial charge in [0, 0.05) is 17.2 Å². The molecule has 0 spiro atoms. The summed E-state index contributed by atoms with van der Waals surface area (Å²) in [5.74, 6) is 1.07. The van der Waals surface area contributed by atoms with Gasteiger partial charge in [0.15, 0.2) is 5.78 Å². The number of hydrogen-bond donors (Lipinski definition) is 1. The highest BCUT2D eigenvalue weighted by atomic mass is 16.6. The van der Waals surface area contributed by atoms with Crippen LogP contribution in [0.3, 0.4) is 0 Å². The Morgan fingerprint density at radius 2 is 1.70 bits per heavy atom. The first-order chi connectivity index (χ1) is 16.1. The number of carbonyl (C=O) groups excluding carboxylic acids is 2. The molecule has 4 rings (SSSR count). The van der Waals surface area contributed by atoms with Gasteiger partial charge in [0.2, 0.25) is 0 Å². The summed E-state index contributed by atoms with van der Waals surface area (Å²) < 4.78 is 11.7. The second-order valence-corrected chi connectivity index (χ2v) is 8.44. The van der Waals surface area contributed by atoms with Crippen molar-refractivity contribution in [3.63, 3.8) is 0 Å². The molecule has 1 N–H and O–H groups in total. The van der Waals surface area contributed by atoms with E-state index in [4.69, 9.17) is 9.47 Å². The van der Waals surface area contributed by atoms with Gasteiger partial charge in [0.05, 0.1) is 0 Å². The Hall–Kier alpha value is -3.60. The van der Waals surface area contributed by atoms with Crippen LogP contribution in [0.2, 0.25) is 0 Å². The standard InChI is InChI=1S/C28H29NO4/c1-20(30)22-11-8-12-23(17-22)26-18-25(33-28(31)29-24-13-6-3-7-14-24)15-16-27(26)32-19-21-9-4-2-5-10-21/h2,4-5,8-12,15-18,24H,3,6-7,13-14,19H2,1H3,(H,29,31). The van der Waals surface area contributed by atoms with Gasteiger partial charge in [-0.25, -0.2) is 4.79 Å². The van der Waals surface area contributed by atoms with Gasteiger partial charge < -0.3 is 14.8 Å². The van der Waals surface area contributed by atoms with Gasteiger partial charge in [-0.05, 0) is 55.2 Å². The predicted octanol–water partition coefficient (Wildman–Crippen LogP) is 6.56. The van der Waals surface area contributed by atoms with E-state index in [1.54, 1.807) is 25.1 Å². The van der Waals surface area contributed by atoms with E-state index in [-0.39, 0.29) is 11.8 Å². The van der Waals surface area contributed by atoms with Crippen LogP contribution in [0.1, 0.15) is 54.9 Å². The molecular weight excluding hydrogens is 414 g/mol. The molecule has 0 radical (unpaired) electrons. The van der Waals surface area contributed by atoms with Gasteiger partial charge in [-0.2, -0.15) is 0 Å². The first kappa shape index (κ1) is 22.6. The lowest BCUT2D eigenvalue weighted by atomic mass is 9.96. The van der Waals surface area contributed by atoms with E-state index in [1.807, 2.05) is 54.6 Å². The van der Waals surface area contributed by atoms with Crippen molar-refractivity contribution in [3.8, 4) is 22.6 Å². The molecule has 1 aliphatic carbocycles. The quantitative estimate of drug-likeness (QED) is 0.420. The lowest BCUT2D eigenvalue weighted by Gasteiger charge is -2.22. The van der Waals surface area contributed by atoms with Crippen LogP contribution in [-0.4, -0.2) is 17.9 Å². The van der Waals surface area contributed by atoms with Crippen LogP contribution in [0, 0.1) is 0 Å². The fraction of sp³-hybridized carbons (Fsp3) is 0.286. The van der Waals surface area contributed by atoms with Crippen molar-refractivity contribution in [1.82, 2.24) is 5.32 Å². The van der Waals surface area contributed by atoms with E-state index >= 15 is 0 Å². The molecule has 0 aromatic heterocycles. The molecule has 5 heteroatoms. The van der Waals surface area contributed by atoms with Crippen molar-refractivity contribution in [2.24, 2.45) is 0 Å². The van der Waals surface area contributed by atoms with Crippen LogP contribution < -0.4 is 14.8 Å². The summed E-state index contributed by atoms with van der Waals surface area (Å²) >= 11 is 0. The molecule has 170 valence electrons. The average Bonchev–Trinajstić information content (AvgIpc) is 2.84. The maximum atomic E-state index is 12.5. The molecule has 0 aliphatic heterocycles. The van der Waals surface area contributed by atoms with Crippen molar-refractivity contribution < 1.29 is 19.1 Å². The van der Waals surface area contributed by atoms with Crippen molar-refractivity contribution in [3.05, 3.63) is 83.9 Å². The molecule has 3 aromatic carbocycles. The van der Waals surface area contributed by atoms with E-state index in [1.165, 1.54) is 6.42 Å². The van der Waals surface area contributed by atoms with Crippen LogP contribution in [0.5, 0.6) is 11.5 Å². The molecule has 0 unspecified atom stereocenters. The first-order valence-electron chi connectivity index (χ1n) is 11.5. The average molecular weight is 444 g/mol. The Kier molecular flexibility index (Phi) is 7.40. The number of nitrogens with one attached hydrogen (secondary N) is 1. The number of hydrogen-bond acceptors (Lipinski definition) is 4. The minimum absolute atomic E-state index is 0.0112. The second-order valence-electron chi connectivity index (χ2n) is 8.44. The van der Waals surface area contributed by atoms with Gasteiger partial charge in [-0.1, -0.05) is 67.8 Å². The molecule has 0 saturated heterocycles. The highest BCUT2D eigenvalue weighted by Crippen LogP contribution is 2.35. The van der Waals surface area contributed by atoms with Crippen LogP contribution in [-0.2, 0) is 6.61 Å². The second kappa shape index (κ2) is 10.8. The van der Waals surface area contributed by atoms with Gasteiger partial charge in [0.25, 0.3) is 0 Å². The molecule has 1 saturated carbocycles. The van der Waals surface area contributed by atoms with E-state index < -0.39 is 6.09 Å². The van der Waals surface area contributed by atoms with Crippen LogP contribution in [0.25, 0.3) is 11.1 Å². The molecule has 1 amide bonds. The van der Waals surface area contributed by atoms with E-state index in [9.17, 15) is 9.59 Å². The summed E-state index contributed by atoms with van der Waals surface area (Å²) in [6.07, 6.45) is 5.03. The van der Waals surface area contributed by atoms with E-state index in [0.29, 0.717) is 23.7 Å². The van der Waals surface area contributed by atoms with E-state index in [0.717, 1.165) is 42.4 Å². The fourth-order valence-corrected chi connectivity index (χ4v) is 4.12. The van der Waals surface area contributed by atoms with Crippen molar-refractivity contribution >= 4 is 11.9 Å². The van der Waals surface area contributed by atoms with Crippen molar-refractivity contribution in [2.45, 2.75) is 51.7 Å². The number of benzene rings is 3. The Labute approximate surface area is 194 Å². The number of amides is 1. The summed E-state index contributed by atoms with van der Waals surface area (Å²) in [5, 5.41) is 2.97. The normalized spacial score (nSPS) is 13.8. The molecule has 1 fully saturated rings. The maximum absolute atomic E-state index is 12.5. The van der Waals surface area contributed by atoms with Crippen LogP contribution in [0.4, 0.5) is 4.79 Å². The lowest BCUT2D eigenvalue weighted by Crippen LogP contribution is -2.37. The number of ketones is 1. The number of carbonyl (C=O) groups is 2. The molecule has 3 aromatic rings. The number of rotatable bonds is 7.